The number of sulfonamides is 1. The van der Waals surface area contributed by atoms with Crippen LogP contribution in [0.5, 0.6) is 0 Å². The van der Waals surface area contributed by atoms with Crippen LogP contribution in [-0.4, -0.2) is 54.7 Å². The first-order valence-electron chi connectivity index (χ1n) is 9.70. The third-order valence-electron chi connectivity index (χ3n) is 5.71. The van der Waals surface area contributed by atoms with Crippen molar-refractivity contribution in [2.24, 2.45) is 0 Å². The summed E-state index contributed by atoms with van der Waals surface area (Å²) in [5.41, 5.74) is 3.91. The Bertz CT molecular complexity index is 1280. The van der Waals surface area contributed by atoms with E-state index in [2.05, 4.69) is 4.98 Å². The largest absolute Gasteiger partial charge is 0.358 e. The highest BCUT2D eigenvalue weighted by atomic mass is 32.2. The molecule has 1 aromatic heterocycles. The van der Waals surface area contributed by atoms with E-state index in [1.165, 1.54) is 16.4 Å². The minimum absolute atomic E-state index is 0.0102. The maximum absolute atomic E-state index is 13.0. The van der Waals surface area contributed by atoms with Gasteiger partial charge in [-0.1, -0.05) is 12.1 Å². The van der Waals surface area contributed by atoms with Crippen LogP contribution in [0.2, 0.25) is 0 Å². The van der Waals surface area contributed by atoms with Crippen LogP contribution in [0.4, 0.5) is 0 Å². The molecule has 2 aromatic carbocycles. The lowest BCUT2D eigenvalue weighted by Gasteiger charge is -2.34. The van der Waals surface area contributed by atoms with E-state index in [1.54, 1.807) is 23.1 Å². The van der Waals surface area contributed by atoms with Gasteiger partial charge in [0.05, 0.1) is 10.5 Å². The lowest BCUT2D eigenvalue weighted by molar-refractivity contribution is 0.0698. The molecule has 3 aromatic rings. The van der Waals surface area contributed by atoms with Crippen molar-refractivity contribution in [1.29, 1.82) is 5.26 Å². The molecule has 0 bridgehead atoms. The zero-order valence-corrected chi connectivity index (χ0v) is 17.7. The van der Waals surface area contributed by atoms with Crippen LogP contribution in [0, 0.1) is 25.2 Å². The Morgan fingerprint density at radius 2 is 1.77 bits per heavy atom. The summed E-state index contributed by atoms with van der Waals surface area (Å²) in [6, 6.07) is 13.7. The number of aryl methyl sites for hydroxylation is 2. The van der Waals surface area contributed by atoms with Crippen LogP contribution >= 0.6 is 0 Å². The molecule has 2 heterocycles. The average molecular weight is 423 g/mol. The van der Waals surface area contributed by atoms with E-state index in [-0.39, 0.29) is 29.5 Å². The molecule has 30 heavy (non-hydrogen) atoms. The Balaban J connectivity index is 1.51. The first kappa shape index (κ1) is 20.1. The number of aromatic amines is 1. The van der Waals surface area contributed by atoms with Gasteiger partial charge in [0.1, 0.15) is 6.07 Å². The number of hydrogen-bond donors (Lipinski definition) is 1. The van der Waals surface area contributed by atoms with Crippen molar-refractivity contribution in [2.75, 3.05) is 26.2 Å². The topological polar surface area (TPSA) is 97.3 Å². The number of benzene rings is 2. The smallest absolute Gasteiger partial charge is 0.253 e. The quantitative estimate of drug-likeness (QED) is 0.702. The molecule has 1 fully saturated rings. The van der Waals surface area contributed by atoms with E-state index in [0.29, 0.717) is 18.7 Å². The van der Waals surface area contributed by atoms with Crippen LogP contribution in [0.1, 0.15) is 27.2 Å². The van der Waals surface area contributed by atoms with Crippen LogP contribution in [0.15, 0.2) is 47.4 Å². The number of hydrogen-bond acceptors (Lipinski definition) is 4. The van der Waals surface area contributed by atoms with Crippen molar-refractivity contribution in [3.63, 3.8) is 0 Å². The zero-order chi connectivity index (χ0) is 21.5. The number of piperazine rings is 1. The van der Waals surface area contributed by atoms with Gasteiger partial charge < -0.3 is 9.88 Å². The molecule has 0 atom stereocenters. The Hall–Kier alpha value is -3.15. The van der Waals surface area contributed by atoms with E-state index in [1.807, 2.05) is 32.0 Å². The monoisotopic (exact) mass is 422 g/mol. The fourth-order valence-corrected chi connectivity index (χ4v) is 5.40. The van der Waals surface area contributed by atoms with Gasteiger partial charge >= 0.3 is 0 Å². The predicted octanol–water partition coefficient (Wildman–Crippen LogP) is 2.80. The number of rotatable bonds is 3. The summed E-state index contributed by atoms with van der Waals surface area (Å²) in [6.07, 6.45) is 0. The first-order chi connectivity index (χ1) is 14.3. The van der Waals surface area contributed by atoms with Gasteiger partial charge in [-0.05, 0) is 49.7 Å². The second-order valence-corrected chi connectivity index (χ2v) is 9.35. The van der Waals surface area contributed by atoms with Gasteiger partial charge in [-0.25, -0.2) is 8.42 Å². The number of fused-ring (bicyclic) bond motifs is 1. The van der Waals surface area contributed by atoms with Gasteiger partial charge in [-0.15, -0.1) is 0 Å². The highest BCUT2D eigenvalue weighted by molar-refractivity contribution is 7.89. The second kappa shape index (κ2) is 7.59. The maximum Gasteiger partial charge on any atom is 0.253 e. The van der Waals surface area contributed by atoms with Crippen molar-refractivity contribution in [2.45, 2.75) is 18.7 Å². The SMILES string of the molecule is Cc1[nH]c2ccc(C(=O)N3CCN(S(=O)(=O)c4ccccc4C#N)CC3)cc2c1C. The molecule has 154 valence electrons. The molecule has 7 nitrogen and oxygen atoms in total. The molecule has 4 rings (SSSR count). The van der Waals surface area contributed by atoms with Crippen molar-refractivity contribution in [3.8, 4) is 6.07 Å². The maximum atomic E-state index is 13.0. The Morgan fingerprint density at radius 3 is 2.47 bits per heavy atom. The van der Waals surface area contributed by atoms with Crippen molar-refractivity contribution in [3.05, 3.63) is 64.8 Å². The summed E-state index contributed by atoms with van der Waals surface area (Å²) < 4.78 is 27.3. The van der Waals surface area contributed by atoms with Crippen molar-refractivity contribution in [1.82, 2.24) is 14.2 Å². The summed E-state index contributed by atoms with van der Waals surface area (Å²) in [4.78, 5) is 18.0. The average Bonchev–Trinajstić information content (AvgIpc) is 3.06. The minimum atomic E-state index is -3.78. The Labute approximate surface area is 175 Å². The third-order valence-corrected chi connectivity index (χ3v) is 7.66. The lowest BCUT2D eigenvalue weighted by Crippen LogP contribution is -2.50. The Kier molecular flexibility index (Phi) is 5.10. The molecule has 0 aliphatic carbocycles. The normalized spacial score (nSPS) is 15.3. The summed E-state index contributed by atoms with van der Waals surface area (Å²) in [5, 5.41) is 10.3. The van der Waals surface area contributed by atoms with Gasteiger partial charge in [0.15, 0.2) is 0 Å². The second-order valence-electron chi connectivity index (χ2n) is 7.44. The highest BCUT2D eigenvalue weighted by Crippen LogP contribution is 2.24. The van der Waals surface area contributed by atoms with Gasteiger partial charge in [0.25, 0.3) is 5.91 Å². The number of carbonyl (C=O) groups is 1. The van der Waals surface area contributed by atoms with Crippen molar-refractivity contribution >= 4 is 26.8 Å². The van der Waals surface area contributed by atoms with E-state index in [9.17, 15) is 18.5 Å². The van der Waals surface area contributed by atoms with Crippen molar-refractivity contribution < 1.29 is 13.2 Å². The number of nitrogens with one attached hydrogen (secondary N) is 1. The zero-order valence-electron chi connectivity index (χ0n) is 16.8. The molecule has 1 aliphatic rings. The number of aromatic nitrogens is 1. The highest BCUT2D eigenvalue weighted by Gasteiger charge is 2.32. The molecular weight excluding hydrogens is 400 g/mol. The minimum Gasteiger partial charge on any atom is -0.358 e. The van der Waals surface area contributed by atoms with Gasteiger partial charge in [-0.2, -0.15) is 9.57 Å². The lowest BCUT2D eigenvalue weighted by atomic mass is 10.1. The fraction of sp³-hybridized carbons (Fsp3) is 0.273. The number of nitriles is 1. The summed E-state index contributed by atoms with van der Waals surface area (Å²) >= 11 is 0. The molecule has 1 amide bonds. The van der Waals surface area contributed by atoms with E-state index in [4.69, 9.17) is 0 Å². The van der Waals surface area contributed by atoms with E-state index >= 15 is 0 Å². The fourth-order valence-electron chi connectivity index (χ4n) is 3.83. The molecule has 8 heteroatoms. The summed E-state index contributed by atoms with van der Waals surface area (Å²) in [5.74, 6) is -0.107. The summed E-state index contributed by atoms with van der Waals surface area (Å²) in [6.45, 7) is 5.01. The Morgan fingerprint density at radius 1 is 1.07 bits per heavy atom. The van der Waals surface area contributed by atoms with Crippen LogP contribution < -0.4 is 0 Å². The van der Waals surface area contributed by atoms with Crippen LogP contribution in [0.25, 0.3) is 10.9 Å². The number of amides is 1. The number of nitrogens with zero attached hydrogens (tertiary/aromatic N) is 3. The van der Waals surface area contributed by atoms with E-state index < -0.39 is 10.0 Å². The molecule has 0 saturated carbocycles. The van der Waals surface area contributed by atoms with E-state index in [0.717, 1.165) is 22.2 Å². The first-order valence-corrected chi connectivity index (χ1v) is 11.1. The molecule has 1 aliphatic heterocycles. The third kappa shape index (κ3) is 3.36. The molecule has 1 saturated heterocycles. The predicted molar refractivity (Wildman–Crippen MR) is 114 cm³/mol. The van der Waals surface area contributed by atoms with Crippen LogP contribution in [-0.2, 0) is 10.0 Å². The number of carbonyl (C=O) groups excluding carboxylic acids is 1. The van der Waals surface area contributed by atoms with Gasteiger partial charge in [-0.3, -0.25) is 4.79 Å². The van der Waals surface area contributed by atoms with Crippen LogP contribution in [0.3, 0.4) is 0 Å². The molecule has 0 unspecified atom stereocenters. The van der Waals surface area contributed by atoms with Gasteiger partial charge in [0, 0.05) is 48.3 Å². The standard InChI is InChI=1S/C22H22N4O3S/c1-15-16(2)24-20-8-7-17(13-19(15)20)22(27)25-9-11-26(12-10-25)30(28,29)21-6-4-3-5-18(21)14-23/h3-8,13,24H,9-12H2,1-2H3. The van der Waals surface area contributed by atoms with Gasteiger partial charge in [0.2, 0.25) is 10.0 Å². The molecule has 1 N–H and O–H groups in total. The molecule has 0 radical (unpaired) electrons. The molecule has 0 spiro atoms. The molecular formula is C22H22N4O3S. The summed E-state index contributed by atoms with van der Waals surface area (Å²) in [7, 11) is -3.78. The number of H-pyrrole nitrogens is 1.